The summed E-state index contributed by atoms with van der Waals surface area (Å²) in [5.74, 6) is -1.29. The molecule has 1 aliphatic rings. The van der Waals surface area contributed by atoms with E-state index in [4.69, 9.17) is 9.84 Å². The lowest BCUT2D eigenvalue weighted by atomic mass is 10.2. The third-order valence-electron chi connectivity index (χ3n) is 2.75. The van der Waals surface area contributed by atoms with E-state index in [1.807, 2.05) is 13.8 Å². The van der Waals surface area contributed by atoms with Crippen molar-refractivity contribution in [2.45, 2.75) is 51.7 Å². The molecule has 1 unspecified atom stereocenters. The molecule has 1 aliphatic carbocycles. The van der Waals surface area contributed by atoms with Crippen molar-refractivity contribution in [1.29, 1.82) is 0 Å². The first kappa shape index (κ1) is 12.8. The first-order valence-corrected chi connectivity index (χ1v) is 5.78. The van der Waals surface area contributed by atoms with Gasteiger partial charge in [-0.15, -0.1) is 0 Å². The van der Waals surface area contributed by atoms with Crippen LogP contribution in [0.3, 0.4) is 0 Å². The number of rotatable bonds is 6. The summed E-state index contributed by atoms with van der Waals surface area (Å²) in [7, 11) is 0. The topological polar surface area (TPSA) is 75.6 Å². The maximum absolute atomic E-state index is 11.4. The van der Waals surface area contributed by atoms with Crippen LogP contribution >= 0.6 is 0 Å². The molecule has 1 rings (SSSR count). The molecule has 0 radical (unpaired) electrons. The molecule has 3 atom stereocenters. The van der Waals surface area contributed by atoms with Crippen molar-refractivity contribution < 1.29 is 19.4 Å². The summed E-state index contributed by atoms with van der Waals surface area (Å²) in [6, 6.07) is -0.246. The van der Waals surface area contributed by atoms with Gasteiger partial charge in [-0.2, -0.15) is 0 Å². The number of carbonyl (C=O) groups excluding carboxylic acids is 1. The molecule has 1 amide bonds. The zero-order valence-corrected chi connectivity index (χ0v) is 9.73. The predicted octanol–water partition coefficient (Wildman–Crippen LogP) is 1.76. The SMILES string of the molecule is CCCC(CC)OC(=O)N[C@H]1C[C@@H]1C(=O)O. The molecule has 5 heteroatoms. The van der Waals surface area contributed by atoms with Gasteiger partial charge in [0.25, 0.3) is 0 Å². The lowest BCUT2D eigenvalue weighted by Crippen LogP contribution is -2.32. The largest absolute Gasteiger partial charge is 0.481 e. The van der Waals surface area contributed by atoms with Gasteiger partial charge in [-0.05, 0) is 19.3 Å². The fourth-order valence-corrected chi connectivity index (χ4v) is 1.63. The normalized spacial score (nSPS) is 24.6. The van der Waals surface area contributed by atoms with Crippen LogP contribution in [0.5, 0.6) is 0 Å². The molecule has 0 heterocycles. The fraction of sp³-hybridized carbons (Fsp3) is 0.818. The lowest BCUT2D eigenvalue weighted by molar-refractivity contribution is -0.138. The van der Waals surface area contributed by atoms with E-state index in [9.17, 15) is 9.59 Å². The highest BCUT2D eigenvalue weighted by molar-refractivity contribution is 5.77. The van der Waals surface area contributed by atoms with Crippen LogP contribution in [0, 0.1) is 5.92 Å². The molecule has 0 aliphatic heterocycles. The smallest absolute Gasteiger partial charge is 0.407 e. The third kappa shape index (κ3) is 3.72. The summed E-state index contributed by atoms with van der Waals surface area (Å²) in [5.41, 5.74) is 0. The highest BCUT2D eigenvalue weighted by Gasteiger charge is 2.44. The van der Waals surface area contributed by atoms with Gasteiger partial charge >= 0.3 is 12.1 Å². The first-order chi connectivity index (χ1) is 7.58. The van der Waals surface area contributed by atoms with Crippen LogP contribution in [0.15, 0.2) is 0 Å². The number of alkyl carbamates (subject to hydrolysis) is 1. The van der Waals surface area contributed by atoms with E-state index in [-0.39, 0.29) is 12.1 Å². The Hall–Kier alpha value is -1.26. The van der Waals surface area contributed by atoms with Gasteiger partial charge in [0, 0.05) is 6.04 Å². The Labute approximate surface area is 95.2 Å². The highest BCUT2D eigenvalue weighted by atomic mass is 16.6. The molecule has 0 spiro atoms. The van der Waals surface area contributed by atoms with Crippen molar-refractivity contribution in [3.05, 3.63) is 0 Å². The minimum Gasteiger partial charge on any atom is -0.481 e. The zero-order valence-electron chi connectivity index (χ0n) is 9.73. The van der Waals surface area contributed by atoms with Crippen molar-refractivity contribution in [2.24, 2.45) is 5.92 Å². The van der Waals surface area contributed by atoms with E-state index in [0.29, 0.717) is 6.42 Å². The maximum Gasteiger partial charge on any atom is 0.407 e. The van der Waals surface area contributed by atoms with E-state index in [1.54, 1.807) is 0 Å². The van der Waals surface area contributed by atoms with Gasteiger partial charge in [0.2, 0.25) is 0 Å². The second-order valence-corrected chi connectivity index (χ2v) is 4.16. The number of hydrogen-bond donors (Lipinski definition) is 2. The van der Waals surface area contributed by atoms with Crippen LogP contribution in [0.4, 0.5) is 4.79 Å². The Morgan fingerprint density at radius 1 is 1.50 bits per heavy atom. The van der Waals surface area contributed by atoms with Crippen LogP contribution in [0.2, 0.25) is 0 Å². The number of carbonyl (C=O) groups is 2. The van der Waals surface area contributed by atoms with E-state index in [1.165, 1.54) is 0 Å². The molecular weight excluding hydrogens is 210 g/mol. The maximum atomic E-state index is 11.4. The quantitative estimate of drug-likeness (QED) is 0.727. The standard InChI is InChI=1S/C11H19NO4/c1-3-5-7(4-2)16-11(15)12-9-6-8(9)10(13)14/h7-9H,3-6H2,1-2H3,(H,12,15)(H,13,14)/t7?,8-,9-/m0/s1. The summed E-state index contributed by atoms with van der Waals surface area (Å²) in [4.78, 5) is 21.9. The van der Waals surface area contributed by atoms with E-state index in [2.05, 4.69) is 5.32 Å². The number of aliphatic carboxylic acids is 1. The summed E-state index contributed by atoms with van der Waals surface area (Å²) < 4.78 is 5.18. The van der Waals surface area contributed by atoms with Crippen molar-refractivity contribution in [3.63, 3.8) is 0 Å². The number of hydrogen-bond acceptors (Lipinski definition) is 3. The number of ether oxygens (including phenoxy) is 1. The van der Waals surface area contributed by atoms with Gasteiger partial charge in [-0.25, -0.2) is 4.79 Å². The summed E-state index contributed by atoms with van der Waals surface area (Å²) in [5, 5.41) is 11.2. The first-order valence-electron chi connectivity index (χ1n) is 5.78. The van der Waals surface area contributed by atoms with Crippen LogP contribution < -0.4 is 5.32 Å². The van der Waals surface area contributed by atoms with Gasteiger partial charge < -0.3 is 15.2 Å². The molecule has 0 bridgehead atoms. The molecule has 92 valence electrons. The third-order valence-corrected chi connectivity index (χ3v) is 2.75. The second-order valence-electron chi connectivity index (χ2n) is 4.16. The van der Waals surface area contributed by atoms with E-state index >= 15 is 0 Å². The van der Waals surface area contributed by atoms with E-state index < -0.39 is 18.0 Å². The molecule has 1 saturated carbocycles. The number of amides is 1. The fourth-order valence-electron chi connectivity index (χ4n) is 1.63. The Morgan fingerprint density at radius 2 is 2.19 bits per heavy atom. The minimum absolute atomic E-state index is 0.0629. The van der Waals surface area contributed by atoms with Gasteiger partial charge in [-0.1, -0.05) is 20.3 Å². The summed E-state index contributed by atoms with van der Waals surface area (Å²) in [6.45, 7) is 4.00. The molecule has 2 N–H and O–H groups in total. The minimum atomic E-state index is -0.856. The Balaban J connectivity index is 2.23. The van der Waals surface area contributed by atoms with Crippen LogP contribution in [-0.4, -0.2) is 29.3 Å². The lowest BCUT2D eigenvalue weighted by Gasteiger charge is -2.15. The number of carboxylic acid groups (broad SMARTS) is 1. The van der Waals surface area contributed by atoms with Crippen LogP contribution in [-0.2, 0) is 9.53 Å². The Morgan fingerprint density at radius 3 is 2.62 bits per heavy atom. The average molecular weight is 229 g/mol. The number of carboxylic acids is 1. The Bertz CT molecular complexity index is 267. The van der Waals surface area contributed by atoms with Crippen molar-refractivity contribution in [1.82, 2.24) is 5.32 Å². The Kier molecular flexibility index (Phi) is 4.58. The highest BCUT2D eigenvalue weighted by Crippen LogP contribution is 2.30. The monoisotopic (exact) mass is 229 g/mol. The van der Waals surface area contributed by atoms with Crippen molar-refractivity contribution in [3.8, 4) is 0 Å². The zero-order chi connectivity index (χ0) is 12.1. The molecular formula is C11H19NO4. The molecule has 0 saturated heterocycles. The van der Waals surface area contributed by atoms with Crippen LogP contribution in [0.25, 0.3) is 0 Å². The molecule has 0 aromatic carbocycles. The van der Waals surface area contributed by atoms with Gasteiger partial charge in [0.05, 0.1) is 5.92 Å². The van der Waals surface area contributed by atoms with Gasteiger partial charge in [-0.3, -0.25) is 4.79 Å². The number of nitrogens with one attached hydrogen (secondary N) is 1. The predicted molar refractivity (Wildman–Crippen MR) is 58.1 cm³/mol. The molecule has 0 aromatic rings. The summed E-state index contributed by atoms with van der Waals surface area (Å²) >= 11 is 0. The summed E-state index contributed by atoms with van der Waals surface area (Å²) in [6.07, 6.45) is 2.55. The second kappa shape index (κ2) is 5.72. The molecule has 5 nitrogen and oxygen atoms in total. The van der Waals surface area contributed by atoms with Crippen molar-refractivity contribution in [2.75, 3.05) is 0 Å². The molecule has 16 heavy (non-hydrogen) atoms. The molecule has 1 fully saturated rings. The van der Waals surface area contributed by atoms with Gasteiger partial charge in [0.1, 0.15) is 6.10 Å². The van der Waals surface area contributed by atoms with Crippen LogP contribution in [0.1, 0.15) is 39.5 Å². The van der Waals surface area contributed by atoms with Crippen molar-refractivity contribution >= 4 is 12.1 Å². The molecule has 0 aromatic heterocycles. The van der Waals surface area contributed by atoms with E-state index in [0.717, 1.165) is 19.3 Å². The average Bonchev–Trinajstić information content (AvgIpc) is 2.96. The van der Waals surface area contributed by atoms with Gasteiger partial charge in [0.15, 0.2) is 0 Å².